The largest absolute Gasteiger partial charge is 0.378 e. The lowest BCUT2D eigenvalue weighted by Crippen LogP contribution is -2.36. The maximum atomic E-state index is 13.4. The lowest BCUT2D eigenvalue weighted by Gasteiger charge is -2.28. The molecule has 1 aliphatic carbocycles. The molecule has 6 nitrogen and oxygen atoms in total. The van der Waals surface area contributed by atoms with Crippen LogP contribution in [0.4, 0.5) is 16.4 Å². The number of nitrogens with zero attached hydrogens (tertiary/aromatic N) is 1. The van der Waals surface area contributed by atoms with E-state index in [2.05, 4.69) is 22.5 Å². The fraction of sp³-hybridized carbons (Fsp3) is 0.360. The van der Waals surface area contributed by atoms with E-state index in [4.69, 9.17) is 4.74 Å². The van der Waals surface area contributed by atoms with Crippen molar-refractivity contribution in [2.24, 2.45) is 5.92 Å². The van der Waals surface area contributed by atoms with Crippen molar-refractivity contribution in [1.82, 2.24) is 0 Å². The number of fused-ring (bicyclic) bond motifs is 1. The highest BCUT2D eigenvalue weighted by molar-refractivity contribution is 7.17. The van der Waals surface area contributed by atoms with Gasteiger partial charge in [0, 0.05) is 29.3 Å². The molecule has 2 aliphatic rings. The van der Waals surface area contributed by atoms with Gasteiger partial charge in [0.05, 0.1) is 23.7 Å². The molecule has 1 aliphatic heterocycles. The van der Waals surface area contributed by atoms with Crippen LogP contribution >= 0.6 is 22.7 Å². The van der Waals surface area contributed by atoms with Crippen molar-refractivity contribution < 1.29 is 14.3 Å². The molecule has 8 heteroatoms. The summed E-state index contributed by atoms with van der Waals surface area (Å²) in [4.78, 5) is 30.3. The van der Waals surface area contributed by atoms with Gasteiger partial charge in [-0.2, -0.15) is 0 Å². The summed E-state index contributed by atoms with van der Waals surface area (Å²) in [7, 11) is 0. The highest BCUT2D eigenvalue weighted by Crippen LogP contribution is 2.40. The number of carbonyl (C=O) groups is 2. The molecule has 1 fully saturated rings. The third-order valence-electron chi connectivity index (χ3n) is 6.21. The molecule has 5 rings (SSSR count). The number of amides is 2. The molecule has 33 heavy (non-hydrogen) atoms. The van der Waals surface area contributed by atoms with Crippen molar-refractivity contribution in [3.8, 4) is 0 Å². The predicted molar refractivity (Wildman–Crippen MR) is 135 cm³/mol. The highest BCUT2D eigenvalue weighted by atomic mass is 32.1. The molecule has 2 N–H and O–H groups in total. The van der Waals surface area contributed by atoms with Gasteiger partial charge in [-0.05, 0) is 66.5 Å². The van der Waals surface area contributed by atoms with Crippen molar-refractivity contribution in [3.63, 3.8) is 0 Å². The first-order chi connectivity index (χ1) is 16.1. The predicted octanol–water partition coefficient (Wildman–Crippen LogP) is 5.28. The molecule has 1 saturated heterocycles. The molecule has 1 unspecified atom stereocenters. The topological polar surface area (TPSA) is 70.7 Å². The summed E-state index contributed by atoms with van der Waals surface area (Å²) in [5.41, 5.74) is 3.57. The number of morpholine rings is 1. The summed E-state index contributed by atoms with van der Waals surface area (Å²) in [6.07, 6.45) is 2.86. The van der Waals surface area contributed by atoms with E-state index in [0.717, 1.165) is 62.5 Å². The molecule has 1 atom stereocenters. The average Bonchev–Trinajstić information content (AvgIpc) is 3.48. The number of carbonyl (C=O) groups excluding carboxylic acids is 2. The minimum Gasteiger partial charge on any atom is -0.378 e. The Kier molecular flexibility index (Phi) is 6.48. The highest BCUT2D eigenvalue weighted by Gasteiger charge is 2.28. The van der Waals surface area contributed by atoms with E-state index in [9.17, 15) is 9.59 Å². The third kappa shape index (κ3) is 4.83. The normalized spacial score (nSPS) is 18.0. The average molecular weight is 482 g/mol. The second-order valence-corrected chi connectivity index (χ2v) is 10.6. The minimum atomic E-state index is -0.166. The fourth-order valence-corrected chi connectivity index (χ4v) is 6.44. The quantitative estimate of drug-likeness (QED) is 0.520. The smallest absolute Gasteiger partial charge is 0.266 e. The number of benzene rings is 1. The molecule has 0 radical (unpaired) electrons. The summed E-state index contributed by atoms with van der Waals surface area (Å²) < 4.78 is 5.43. The summed E-state index contributed by atoms with van der Waals surface area (Å²) >= 11 is 2.94. The second kappa shape index (κ2) is 9.67. The van der Waals surface area contributed by atoms with E-state index in [1.807, 2.05) is 35.7 Å². The van der Waals surface area contributed by atoms with Gasteiger partial charge in [0.15, 0.2) is 0 Å². The van der Waals surface area contributed by atoms with Crippen LogP contribution in [0.2, 0.25) is 0 Å². The molecule has 3 aromatic rings. The van der Waals surface area contributed by atoms with Gasteiger partial charge >= 0.3 is 0 Å². The monoisotopic (exact) mass is 481 g/mol. The lowest BCUT2D eigenvalue weighted by molar-refractivity contribution is 0.102. The van der Waals surface area contributed by atoms with Crippen LogP contribution in [0.5, 0.6) is 0 Å². The van der Waals surface area contributed by atoms with Crippen LogP contribution in [0.1, 0.15) is 43.8 Å². The van der Waals surface area contributed by atoms with Crippen molar-refractivity contribution in [1.29, 1.82) is 0 Å². The van der Waals surface area contributed by atoms with Crippen LogP contribution in [-0.4, -0.2) is 38.1 Å². The molecular formula is C25H27N3O3S2. The molecule has 172 valence electrons. The maximum absolute atomic E-state index is 13.4. The Hall–Kier alpha value is -2.68. The zero-order valence-corrected chi connectivity index (χ0v) is 20.2. The Balaban J connectivity index is 1.37. The molecule has 3 heterocycles. The SMILES string of the molecule is CC1CCc2c(sc(NC(=O)c3cccs3)c2C(=O)Nc2ccc(N3CCOCC3)cc2)C1. The summed E-state index contributed by atoms with van der Waals surface area (Å²) in [6.45, 7) is 5.46. The first-order valence-corrected chi connectivity index (χ1v) is 13.0. The van der Waals surface area contributed by atoms with E-state index in [1.165, 1.54) is 16.2 Å². The fourth-order valence-electron chi connectivity index (χ4n) is 4.42. The molecular weight excluding hydrogens is 454 g/mol. The van der Waals surface area contributed by atoms with E-state index >= 15 is 0 Å². The van der Waals surface area contributed by atoms with Gasteiger partial charge in [0.25, 0.3) is 11.8 Å². The van der Waals surface area contributed by atoms with E-state index < -0.39 is 0 Å². The van der Waals surface area contributed by atoms with Gasteiger partial charge in [-0.3, -0.25) is 9.59 Å². The van der Waals surface area contributed by atoms with Crippen LogP contribution in [0.25, 0.3) is 0 Å². The maximum Gasteiger partial charge on any atom is 0.266 e. The van der Waals surface area contributed by atoms with Crippen molar-refractivity contribution in [2.45, 2.75) is 26.2 Å². The molecule has 2 aromatic heterocycles. The Morgan fingerprint density at radius 3 is 2.58 bits per heavy atom. The Bertz CT molecular complexity index is 1130. The Morgan fingerprint density at radius 2 is 1.85 bits per heavy atom. The molecule has 0 saturated carbocycles. The van der Waals surface area contributed by atoms with Crippen molar-refractivity contribution >= 4 is 50.9 Å². The van der Waals surface area contributed by atoms with Crippen LogP contribution in [0.15, 0.2) is 41.8 Å². The Morgan fingerprint density at radius 1 is 1.06 bits per heavy atom. The van der Waals surface area contributed by atoms with Gasteiger partial charge < -0.3 is 20.3 Å². The van der Waals surface area contributed by atoms with Gasteiger partial charge in [-0.25, -0.2) is 0 Å². The van der Waals surface area contributed by atoms with Crippen molar-refractivity contribution in [3.05, 3.63) is 62.7 Å². The number of hydrogen-bond donors (Lipinski definition) is 2. The van der Waals surface area contributed by atoms with Gasteiger partial charge in [-0.15, -0.1) is 22.7 Å². The first-order valence-electron chi connectivity index (χ1n) is 11.3. The molecule has 0 bridgehead atoms. The van der Waals surface area contributed by atoms with Crippen molar-refractivity contribution in [2.75, 3.05) is 41.8 Å². The van der Waals surface area contributed by atoms with Gasteiger partial charge in [0.1, 0.15) is 5.00 Å². The van der Waals surface area contributed by atoms with E-state index in [1.54, 1.807) is 17.4 Å². The number of anilines is 3. The number of ether oxygens (including phenoxy) is 1. The summed E-state index contributed by atoms with van der Waals surface area (Å²) in [6, 6.07) is 11.6. The zero-order chi connectivity index (χ0) is 22.8. The number of thiophene rings is 2. The van der Waals surface area contributed by atoms with Gasteiger partial charge in [0.2, 0.25) is 0 Å². The summed E-state index contributed by atoms with van der Waals surface area (Å²) in [5.74, 6) is 0.254. The lowest BCUT2D eigenvalue weighted by atomic mass is 9.88. The first kappa shape index (κ1) is 22.1. The Labute approximate surface area is 201 Å². The number of rotatable bonds is 5. The third-order valence-corrected chi connectivity index (χ3v) is 8.25. The van der Waals surface area contributed by atoms with E-state index in [0.29, 0.717) is 21.4 Å². The molecule has 1 aromatic carbocycles. The molecule has 0 spiro atoms. The summed E-state index contributed by atoms with van der Waals surface area (Å²) in [5, 5.41) is 8.60. The van der Waals surface area contributed by atoms with Crippen LogP contribution in [0, 0.1) is 5.92 Å². The number of hydrogen-bond acceptors (Lipinski definition) is 6. The van der Waals surface area contributed by atoms with Crippen LogP contribution < -0.4 is 15.5 Å². The zero-order valence-electron chi connectivity index (χ0n) is 18.6. The van der Waals surface area contributed by atoms with Gasteiger partial charge in [-0.1, -0.05) is 13.0 Å². The standard InChI is InChI=1S/C25H27N3O3S2/c1-16-4-9-19-21(15-16)33-25(27-23(29)20-3-2-14-32-20)22(19)24(30)26-17-5-7-18(8-6-17)28-10-12-31-13-11-28/h2-3,5-8,14,16H,4,9-13,15H2,1H3,(H,26,30)(H,27,29). The molecule has 2 amide bonds. The van der Waals surface area contributed by atoms with Crippen LogP contribution in [0.3, 0.4) is 0 Å². The second-order valence-electron chi connectivity index (χ2n) is 8.59. The number of nitrogens with one attached hydrogen (secondary N) is 2. The van der Waals surface area contributed by atoms with Crippen LogP contribution in [-0.2, 0) is 17.6 Å². The minimum absolute atomic E-state index is 0.164. The van der Waals surface area contributed by atoms with E-state index in [-0.39, 0.29) is 11.8 Å².